The van der Waals surface area contributed by atoms with Gasteiger partial charge < -0.3 is 10.1 Å². The highest BCUT2D eigenvalue weighted by Gasteiger charge is 2.30. The van der Waals surface area contributed by atoms with E-state index in [2.05, 4.69) is 31.2 Å². The van der Waals surface area contributed by atoms with Gasteiger partial charge in [-0.05, 0) is 70.3 Å². The van der Waals surface area contributed by atoms with Crippen LogP contribution in [0.2, 0.25) is 0 Å². The Hall–Kier alpha value is -2.03. The number of benzene rings is 1. The molecule has 0 bridgehead atoms. The predicted molar refractivity (Wildman–Crippen MR) is 127 cm³/mol. The van der Waals surface area contributed by atoms with Crippen LogP contribution in [0.4, 0.5) is 4.39 Å². The first kappa shape index (κ1) is 23.1. The second-order valence-electron chi connectivity index (χ2n) is 9.41. The first-order valence-corrected chi connectivity index (χ1v) is 12.2. The maximum Gasteiger partial charge on any atom is 0.171 e. The zero-order valence-corrected chi connectivity index (χ0v) is 19.8. The van der Waals surface area contributed by atoms with Crippen LogP contribution in [0, 0.1) is 11.7 Å². The van der Waals surface area contributed by atoms with Crippen molar-refractivity contribution in [3.8, 4) is 11.3 Å². The van der Waals surface area contributed by atoms with Crippen molar-refractivity contribution in [3.05, 3.63) is 41.8 Å². The average Bonchev–Trinajstić information content (AvgIpc) is 3.42. The second-order valence-corrected chi connectivity index (χ2v) is 10.4. The van der Waals surface area contributed by atoms with Gasteiger partial charge in [-0.1, -0.05) is 0 Å². The van der Waals surface area contributed by atoms with Crippen LogP contribution in [0.25, 0.3) is 11.3 Å². The number of nitrogens with zero attached hydrogens (tertiary/aromatic N) is 3. The molecule has 3 heterocycles. The highest BCUT2D eigenvalue weighted by Crippen LogP contribution is 2.34. The quantitative estimate of drug-likeness (QED) is 0.682. The van der Waals surface area contributed by atoms with Gasteiger partial charge in [0, 0.05) is 24.5 Å². The molecule has 8 heteroatoms. The minimum atomic E-state index is -0.351. The van der Waals surface area contributed by atoms with E-state index in [0.29, 0.717) is 18.2 Å². The number of ketones is 1. The molecule has 2 aliphatic heterocycles. The van der Waals surface area contributed by atoms with E-state index in [1.54, 1.807) is 23.9 Å². The molecule has 1 atom stereocenters. The molecular formula is C24H31FN4O2S. The van der Waals surface area contributed by atoms with Crippen LogP contribution in [-0.4, -0.2) is 58.7 Å². The molecule has 1 fully saturated rings. The van der Waals surface area contributed by atoms with E-state index in [9.17, 15) is 9.18 Å². The fourth-order valence-corrected chi connectivity index (χ4v) is 5.14. The Bertz CT molecular complexity index is 975. The number of carbonyl (C=O) groups excluding carboxylic acids is 1. The molecule has 4 rings (SSSR count). The summed E-state index contributed by atoms with van der Waals surface area (Å²) in [5.74, 6) is 1.06. The van der Waals surface area contributed by atoms with E-state index >= 15 is 0 Å². The Labute approximate surface area is 193 Å². The van der Waals surface area contributed by atoms with E-state index in [1.807, 2.05) is 10.9 Å². The SMILES string of the molecule is CC(C)(C)n1ncc(C2=NC(C(=O)CNCC3CCOCC3)CS2)c1-c1ccc(F)cc1. The highest BCUT2D eigenvalue weighted by molar-refractivity contribution is 8.14. The number of hydrogen-bond acceptors (Lipinski definition) is 6. The summed E-state index contributed by atoms with van der Waals surface area (Å²) in [7, 11) is 0. The first-order chi connectivity index (χ1) is 15.3. The summed E-state index contributed by atoms with van der Waals surface area (Å²) in [6.45, 7) is 9.05. The lowest BCUT2D eigenvalue weighted by Crippen LogP contribution is -2.35. The average molecular weight is 459 g/mol. The van der Waals surface area contributed by atoms with Gasteiger partial charge in [0.25, 0.3) is 0 Å². The number of hydrogen-bond donors (Lipinski definition) is 1. The summed E-state index contributed by atoms with van der Waals surface area (Å²) >= 11 is 1.59. The molecule has 172 valence electrons. The maximum absolute atomic E-state index is 13.5. The van der Waals surface area contributed by atoms with Crippen LogP contribution in [0.5, 0.6) is 0 Å². The van der Waals surface area contributed by atoms with Gasteiger partial charge in [0.1, 0.15) is 16.9 Å². The number of rotatable bonds is 7. The molecule has 0 saturated carbocycles. The Morgan fingerprint density at radius 1 is 1.25 bits per heavy atom. The lowest BCUT2D eigenvalue weighted by molar-refractivity contribution is -0.118. The van der Waals surface area contributed by atoms with Crippen molar-refractivity contribution in [2.24, 2.45) is 10.9 Å². The van der Waals surface area contributed by atoms with Crippen molar-refractivity contribution in [1.29, 1.82) is 0 Å². The van der Waals surface area contributed by atoms with Gasteiger partial charge in [-0.25, -0.2) is 4.39 Å². The highest BCUT2D eigenvalue weighted by atomic mass is 32.2. The third-order valence-electron chi connectivity index (χ3n) is 5.85. The van der Waals surface area contributed by atoms with Gasteiger partial charge in [-0.2, -0.15) is 5.10 Å². The summed E-state index contributed by atoms with van der Waals surface area (Å²) in [4.78, 5) is 17.5. The zero-order chi connectivity index (χ0) is 22.7. The molecule has 2 aliphatic rings. The molecule has 1 unspecified atom stereocenters. The third kappa shape index (κ3) is 5.30. The van der Waals surface area contributed by atoms with E-state index in [1.165, 1.54) is 12.1 Å². The lowest BCUT2D eigenvalue weighted by atomic mass is 10.0. The van der Waals surface area contributed by atoms with Crippen molar-refractivity contribution < 1.29 is 13.9 Å². The molecule has 1 N–H and O–H groups in total. The van der Waals surface area contributed by atoms with Crippen LogP contribution in [0.3, 0.4) is 0 Å². The van der Waals surface area contributed by atoms with Gasteiger partial charge in [0.2, 0.25) is 0 Å². The number of thioether (sulfide) groups is 1. The monoisotopic (exact) mass is 458 g/mol. The van der Waals surface area contributed by atoms with Crippen LogP contribution >= 0.6 is 11.8 Å². The molecule has 0 amide bonds. The van der Waals surface area contributed by atoms with Crippen molar-refractivity contribution in [2.75, 3.05) is 32.1 Å². The summed E-state index contributed by atoms with van der Waals surface area (Å²) in [5, 5.41) is 8.76. The Morgan fingerprint density at radius 2 is 1.97 bits per heavy atom. The van der Waals surface area contributed by atoms with Crippen LogP contribution in [0.15, 0.2) is 35.5 Å². The Balaban J connectivity index is 1.50. The smallest absolute Gasteiger partial charge is 0.171 e. The number of ether oxygens (including phenoxy) is 1. The van der Waals surface area contributed by atoms with Crippen molar-refractivity contribution in [1.82, 2.24) is 15.1 Å². The van der Waals surface area contributed by atoms with E-state index < -0.39 is 0 Å². The standard InChI is InChI=1S/C24H31FN4O2S/c1-24(2,3)29-22(17-4-6-18(25)7-5-17)19(13-27-29)23-28-20(15-32-23)21(30)14-26-12-16-8-10-31-11-9-16/h4-7,13,16,20,26H,8-12,14-15H2,1-3H3. The molecule has 1 saturated heterocycles. The van der Waals surface area contributed by atoms with Gasteiger partial charge in [0.05, 0.1) is 29.5 Å². The minimum absolute atomic E-state index is 0.117. The first-order valence-electron chi connectivity index (χ1n) is 11.2. The van der Waals surface area contributed by atoms with Gasteiger partial charge in [-0.15, -0.1) is 11.8 Å². The second kappa shape index (κ2) is 9.85. The topological polar surface area (TPSA) is 68.5 Å². The fourth-order valence-electron chi connectivity index (χ4n) is 4.05. The van der Waals surface area contributed by atoms with E-state index in [0.717, 1.165) is 54.5 Å². The third-order valence-corrected chi connectivity index (χ3v) is 6.93. The van der Waals surface area contributed by atoms with Crippen molar-refractivity contribution >= 4 is 22.6 Å². The van der Waals surface area contributed by atoms with E-state index in [4.69, 9.17) is 9.73 Å². The van der Waals surface area contributed by atoms with Crippen molar-refractivity contribution in [2.45, 2.75) is 45.2 Å². The molecule has 0 spiro atoms. The minimum Gasteiger partial charge on any atom is -0.381 e. The summed E-state index contributed by atoms with van der Waals surface area (Å²) in [6.07, 6.45) is 3.91. The Morgan fingerprint density at radius 3 is 2.66 bits per heavy atom. The van der Waals surface area contributed by atoms with E-state index in [-0.39, 0.29) is 23.2 Å². The summed E-state index contributed by atoms with van der Waals surface area (Å²) in [6, 6.07) is 6.09. The number of halogens is 1. The largest absolute Gasteiger partial charge is 0.381 e. The van der Waals surface area contributed by atoms with Gasteiger partial charge >= 0.3 is 0 Å². The molecule has 1 aromatic carbocycles. The summed E-state index contributed by atoms with van der Waals surface area (Å²) in [5.41, 5.74) is 2.41. The number of Topliss-reactive ketones (excluding diaryl/α,β-unsaturated/α-hetero) is 1. The van der Waals surface area contributed by atoms with Gasteiger partial charge in [-0.3, -0.25) is 14.5 Å². The zero-order valence-electron chi connectivity index (χ0n) is 18.9. The molecule has 1 aromatic heterocycles. The maximum atomic E-state index is 13.5. The molecule has 2 aromatic rings. The predicted octanol–water partition coefficient (Wildman–Crippen LogP) is 3.89. The fraction of sp³-hybridized carbons (Fsp3) is 0.542. The number of aromatic nitrogens is 2. The number of nitrogens with one attached hydrogen (secondary N) is 1. The molecular weight excluding hydrogens is 427 g/mol. The van der Waals surface area contributed by atoms with Gasteiger partial charge in [0.15, 0.2) is 5.78 Å². The van der Waals surface area contributed by atoms with Crippen molar-refractivity contribution in [3.63, 3.8) is 0 Å². The number of aliphatic imine (C=N–C) groups is 1. The Kier molecular flexibility index (Phi) is 7.12. The molecule has 0 aliphatic carbocycles. The molecule has 0 radical (unpaired) electrons. The summed E-state index contributed by atoms with van der Waals surface area (Å²) < 4.78 is 20.9. The lowest BCUT2D eigenvalue weighted by Gasteiger charge is -2.23. The normalized spacial score (nSPS) is 19.9. The van der Waals surface area contributed by atoms with Crippen LogP contribution < -0.4 is 5.32 Å². The molecule has 6 nitrogen and oxygen atoms in total. The number of carbonyl (C=O) groups is 1. The van der Waals surface area contributed by atoms with Crippen LogP contribution in [-0.2, 0) is 15.1 Å². The van der Waals surface area contributed by atoms with Crippen LogP contribution in [0.1, 0.15) is 39.2 Å². The molecule has 32 heavy (non-hydrogen) atoms.